The molecule has 0 aromatic rings. The Bertz CT molecular complexity index is 328. The number of rotatable bonds is 15. The number of ether oxygens (including phenoxy) is 3. The van der Waals surface area contributed by atoms with E-state index in [0.717, 1.165) is 6.54 Å². The molecule has 0 aliphatic rings. The second-order valence-corrected chi connectivity index (χ2v) is 7.82. The van der Waals surface area contributed by atoms with E-state index in [0.29, 0.717) is 46.2 Å². The van der Waals surface area contributed by atoms with E-state index >= 15 is 0 Å². The summed E-state index contributed by atoms with van der Waals surface area (Å²) in [6.45, 7) is 13.0. The summed E-state index contributed by atoms with van der Waals surface area (Å²) in [6.07, 6.45) is 2.09. The Hall–Kier alpha value is -0.340. The van der Waals surface area contributed by atoms with Crippen molar-refractivity contribution in [3.63, 3.8) is 0 Å². The number of thioether (sulfide) groups is 1. The molecule has 24 heavy (non-hydrogen) atoms. The summed E-state index contributed by atoms with van der Waals surface area (Å²) in [5, 5.41) is 3.41. The molecule has 0 bridgehead atoms. The lowest BCUT2D eigenvalue weighted by molar-refractivity contribution is -0.133. The molecule has 1 N–H and O–H groups in total. The molecular formula is C17H36N2O4S. The minimum absolute atomic E-state index is 0.0281. The number of carbonyl (C=O) groups is 1. The van der Waals surface area contributed by atoms with Crippen LogP contribution in [0.2, 0.25) is 0 Å². The quantitative estimate of drug-likeness (QED) is 0.353. The average Bonchev–Trinajstić information content (AvgIpc) is 2.54. The SMILES string of the molecule is CSC(C)(C)NCCOCCOCCOCCN(C)C(=O)C(C)C. The molecule has 0 saturated carbocycles. The van der Waals surface area contributed by atoms with Crippen LogP contribution in [0.3, 0.4) is 0 Å². The van der Waals surface area contributed by atoms with E-state index < -0.39 is 0 Å². The first-order valence-corrected chi connectivity index (χ1v) is 9.81. The monoisotopic (exact) mass is 364 g/mol. The van der Waals surface area contributed by atoms with Crippen molar-refractivity contribution in [2.45, 2.75) is 32.6 Å². The Labute approximate surface area is 152 Å². The van der Waals surface area contributed by atoms with E-state index in [1.807, 2.05) is 13.8 Å². The van der Waals surface area contributed by atoms with Crippen molar-refractivity contribution in [2.75, 3.05) is 66.0 Å². The summed E-state index contributed by atoms with van der Waals surface area (Å²) in [5.41, 5.74) is 0. The molecular weight excluding hydrogens is 328 g/mol. The van der Waals surface area contributed by atoms with E-state index in [4.69, 9.17) is 14.2 Å². The third kappa shape index (κ3) is 13.0. The molecule has 0 aromatic carbocycles. The number of hydrogen-bond donors (Lipinski definition) is 1. The Morgan fingerprint density at radius 3 is 2.04 bits per heavy atom. The van der Waals surface area contributed by atoms with Gasteiger partial charge in [-0.1, -0.05) is 13.8 Å². The molecule has 0 aromatic heterocycles. The first-order chi connectivity index (χ1) is 11.3. The van der Waals surface area contributed by atoms with Gasteiger partial charge in [-0.2, -0.15) is 0 Å². The van der Waals surface area contributed by atoms with E-state index in [2.05, 4.69) is 25.4 Å². The van der Waals surface area contributed by atoms with Gasteiger partial charge in [0.25, 0.3) is 0 Å². The molecule has 0 atom stereocenters. The Balaban J connectivity index is 3.30. The zero-order chi connectivity index (χ0) is 18.4. The third-order valence-electron chi connectivity index (χ3n) is 3.49. The zero-order valence-electron chi connectivity index (χ0n) is 16.2. The largest absolute Gasteiger partial charge is 0.378 e. The number of hydrogen-bond acceptors (Lipinski definition) is 6. The highest BCUT2D eigenvalue weighted by molar-refractivity contribution is 7.99. The lowest BCUT2D eigenvalue weighted by Gasteiger charge is -2.23. The van der Waals surface area contributed by atoms with Gasteiger partial charge in [0.1, 0.15) is 0 Å². The number of nitrogens with zero attached hydrogens (tertiary/aromatic N) is 1. The molecule has 0 aliphatic carbocycles. The Morgan fingerprint density at radius 2 is 1.54 bits per heavy atom. The third-order valence-corrected chi connectivity index (χ3v) is 4.66. The minimum Gasteiger partial charge on any atom is -0.378 e. The highest BCUT2D eigenvalue weighted by atomic mass is 32.2. The van der Waals surface area contributed by atoms with Crippen LogP contribution in [-0.2, 0) is 19.0 Å². The number of amides is 1. The molecule has 0 rings (SSSR count). The summed E-state index contributed by atoms with van der Waals surface area (Å²) in [4.78, 5) is 13.4. The molecule has 144 valence electrons. The number of carbonyl (C=O) groups excluding carboxylic acids is 1. The highest BCUT2D eigenvalue weighted by Crippen LogP contribution is 2.16. The van der Waals surface area contributed by atoms with Gasteiger partial charge in [0.2, 0.25) is 5.91 Å². The van der Waals surface area contributed by atoms with Crippen LogP contribution >= 0.6 is 11.8 Å². The smallest absolute Gasteiger partial charge is 0.224 e. The molecule has 0 saturated heterocycles. The highest BCUT2D eigenvalue weighted by Gasteiger charge is 2.13. The van der Waals surface area contributed by atoms with E-state index in [1.165, 1.54) is 0 Å². The topological polar surface area (TPSA) is 60.0 Å². The fourth-order valence-corrected chi connectivity index (χ4v) is 2.04. The van der Waals surface area contributed by atoms with Gasteiger partial charge in [-0.15, -0.1) is 11.8 Å². The molecule has 7 heteroatoms. The van der Waals surface area contributed by atoms with Crippen molar-refractivity contribution >= 4 is 17.7 Å². The van der Waals surface area contributed by atoms with Crippen LogP contribution in [-0.4, -0.2) is 81.7 Å². The van der Waals surface area contributed by atoms with Crippen molar-refractivity contribution in [1.29, 1.82) is 0 Å². The first-order valence-electron chi connectivity index (χ1n) is 8.58. The van der Waals surface area contributed by atoms with Crippen LogP contribution in [0, 0.1) is 5.92 Å². The van der Waals surface area contributed by atoms with Crippen LogP contribution in [0.4, 0.5) is 0 Å². The molecule has 0 heterocycles. The van der Waals surface area contributed by atoms with Crippen LogP contribution in [0.1, 0.15) is 27.7 Å². The number of likely N-dealkylation sites (N-methyl/N-ethyl adjacent to an activating group) is 1. The van der Waals surface area contributed by atoms with Crippen LogP contribution in [0.5, 0.6) is 0 Å². The zero-order valence-corrected chi connectivity index (χ0v) is 17.0. The minimum atomic E-state index is 0.0281. The molecule has 0 spiro atoms. The summed E-state index contributed by atoms with van der Waals surface area (Å²) in [7, 11) is 1.80. The maximum Gasteiger partial charge on any atom is 0.224 e. The normalized spacial score (nSPS) is 12.0. The fourth-order valence-electron chi connectivity index (χ4n) is 1.79. The molecule has 0 fully saturated rings. The van der Waals surface area contributed by atoms with Gasteiger partial charge in [0.05, 0.1) is 44.5 Å². The van der Waals surface area contributed by atoms with E-state index in [1.54, 1.807) is 23.7 Å². The van der Waals surface area contributed by atoms with Gasteiger partial charge in [0, 0.05) is 26.1 Å². The number of nitrogens with one attached hydrogen (secondary N) is 1. The predicted molar refractivity (Wildman–Crippen MR) is 101 cm³/mol. The van der Waals surface area contributed by atoms with Crippen LogP contribution < -0.4 is 5.32 Å². The van der Waals surface area contributed by atoms with Gasteiger partial charge in [-0.25, -0.2) is 0 Å². The second-order valence-electron chi connectivity index (χ2n) is 6.39. The molecule has 1 amide bonds. The van der Waals surface area contributed by atoms with Crippen LogP contribution in [0.15, 0.2) is 0 Å². The Kier molecular flexibility index (Phi) is 13.7. The van der Waals surface area contributed by atoms with Gasteiger partial charge < -0.3 is 24.4 Å². The molecule has 0 radical (unpaired) electrons. The van der Waals surface area contributed by atoms with Crippen molar-refractivity contribution in [1.82, 2.24) is 10.2 Å². The maximum atomic E-state index is 11.7. The lowest BCUT2D eigenvalue weighted by atomic mass is 10.2. The lowest BCUT2D eigenvalue weighted by Crippen LogP contribution is -2.37. The summed E-state index contributed by atoms with van der Waals surface area (Å²) >= 11 is 1.79. The predicted octanol–water partition coefficient (Wildman–Crippen LogP) is 1.84. The fraction of sp³-hybridized carbons (Fsp3) is 0.941. The van der Waals surface area contributed by atoms with E-state index in [9.17, 15) is 4.79 Å². The average molecular weight is 365 g/mol. The van der Waals surface area contributed by atoms with Gasteiger partial charge in [-0.05, 0) is 20.1 Å². The van der Waals surface area contributed by atoms with Crippen molar-refractivity contribution in [3.8, 4) is 0 Å². The van der Waals surface area contributed by atoms with E-state index in [-0.39, 0.29) is 16.7 Å². The molecule has 0 unspecified atom stereocenters. The molecule has 6 nitrogen and oxygen atoms in total. The second kappa shape index (κ2) is 13.9. The maximum absolute atomic E-state index is 11.7. The van der Waals surface area contributed by atoms with Crippen molar-refractivity contribution in [3.05, 3.63) is 0 Å². The first kappa shape index (κ1) is 23.7. The van der Waals surface area contributed by atoms with Crippen LogP contribution in [0.25, 0.3) is 0 Å². The summed E-state index contributed by atoms with van der Waals surface area (Å²) in [6, 6.07) is 0. The summed E-state index contributed by atoms with van der Waals surface area (Å²) in [5.74, 6) is 0.169. The Morgan fingerprint density at radius 1 is 1.04 bits per heavy atom. The van der Waals surface area contributed by atoms with Crippen molar-refractivity contribution < 1.29 is 19.0 Å². The summed E-state index contributed by atoms with van der Waals surface area (Å²) < 4.78 is 16.4. The van der Waals surface area contributed by atoms with Crippen molar-refractivity contribution in [2.24, 2.45) is 5.92 Å². The van der Waals surface area contributed by atoms with Gasteiger partial charge in [-0.3, -0.25) is 4.79 Å². The van der Waals surface area contributed by atoms with Gasteiger partial charge in [0.15, 0.2) is 0 Å². The standard InChI is InChI=1S/C17H36N2O4S/c1-15(2)16(20)19(5)8-10-22-12-14-23-13-11-21-9-7-18-17(3,4)24-6/h15,18H,7-14H2,1-6H3. The molecule has 0 aliphatic heterocycles. The van der Waals surface area contributed by atoms with Gasteiger partial charge >= 0.3 is 0 Å².